The first-order valence-electron chi connectivity index (χ1n) is 6.45. The molecule has 0 radical (unpaired) electrons. The molecule has 0 spiro atoms. The second kappa shape index (κ2) is 6.44. The largest absolute Gasteiger partial charge is 0.327 e. The third-order valence-corrected chi connectivity index (χ3v) is 3.74. The minimum atomic E-state index is 0.429. The van der Waals surface area contributed by atoms with E-state index in [2.05, 4.69) is 13.8 Å². The van der Waals surface area contributed by atoms with E-state index in [1.807, 2.05) is 0 Å². The third kappa shape index (κ3) is 4.45. The fourth-order valence-corrected chi connectivity index (χ4v) is 2.41. The van der Waals surface area contributed by atoms with E-state index in [0.717, 1.165) is 5.92 Å². The topological polar surface area (TPSA) is 26.0 Å². The van der Waals surface area contributed by atoms with E-state index in [9.17, 15) is 0 Å². The molecule has 0 amide bonds. The summed E-state index contributed by atoms with van der Waals surface area (Å²) in [5.41, 5.74) is 6.07. The molecule has 0 heterocycles. The summed E-state index contributed by atoms with van der Waals surface area (Å²) >= 11 is 0. The van der Waals surface area contributed by atoms with Crippen LogP contribution >= 0.6 is 0 Å². The summed E-state index contributed by atoms with van der Waals surface area (Å²) in [5.74, 6) is 1.64. The molecule has 1 aliphatic carbocycles. The van der Waals surface area contributed by atoms with Crippen LogP contribution in [0.1, 0.15) is 65.2 Å². The number of rotatable bonds is 4. The molecule has 2 N–H and O–H groups in total. The second-order valence-corrected chi connectivity index (χ2v) is 5.34. The highest BCUT2D eigenvalue weighted by Crippen LogP contribution is 2.27. The van der Waals surface area contributed by atoms with Crippen molar-refractivity contribution in [2.24, 2.45) is 17.6 Å². The van der Waals surface area contributed by atoms with Crippen LogP contribution in [0.15, 0.2) is 0 Å². The van der Waals surface area contributed by atoms with Gasteiger partial charge in [0.15, 0.2) is 0 Å². The Kier molecular flexibility index (Phi) is 5.54. The van der Waals surface area contributed by atoms with Gasteiger partial charge in [-0.2, -0.15) is 0 Å². The van der Waals surface area contributed by atoms with E-state index in [1.165, 1.54) is 51.4 Å². The van der Waals surface area contributed by atoms with Crippen molar-refractivity contribution < 1.29 is 0 Å². The molecule has 14 heavy (non-hydrogen) atoms. The van der Waals surface area contributed by atoms with E-state index < -0.39 is 0 Å². The Morgan fingerprint density at radius 3 is 2.14 bits per heavy atom. The van der Waals surface area contributed by atoms with Gasteiger partial charge < -0.3 is 5.73 Å². The molecule has 1 nitrogen and oxygen atoms in total. The van der Waals surface area contributed by atoms with Crippen molar-refractivity contribution in [3.63, 3.8) is 0 Å². The van der Waals surface area contributed by atoms with Crippen molar-refractivity contribution in [1.82, 2.24) is 0 Å². The highest BCUT2D eigenvalue weighted by Gasteiger charge is 2.14. The van der Waals surface area contributed by atoms with Crippen molar-refractivity contribution in [3.05, 3.63) is 0 Å². The quantitative estimate of drug-likeness (QED) is 0.683. The molecule has 1 aliphatic rings. The first-order chi connectivity index (χ1) is 6.70. The molecule has 1 heteroatoms. The summed E-state index contributed by atoms with van der Waals surface area (Å²) in [6.45, 7) is 4.47. The lowest BCUT2D eigenvalue weighted by atomic mass is 9.90. The average molecular weight is 197 g/mol. The van der Waals surface area contributed by atoms with Gasteiger partial charge in [-0.15, -0.1) is 0 Å². The maximum absolute atomic E-state index is 6.07. The lowest BCUT2D eigenvalue weighted by Crippen LogP contribution is -2.26. The lowest BCUT2D eigenvalue weighted by Gasteiger charge is -2.19. The standard InChI is InChI=1S/C13H27N/c1-11(2)13(14)10-9-12-7-5-3-4-6-8-12/h11-13H,3-10,14H2,1-2H3. The van der Waals surface area contributed by atoms with Gasteiger partial charge in [0.05, 0.1) is 0 Å². The summed E-state index contributed by atoms with van der Waals surface area (Å²) in [6, 6.07) is 0.429. The zero-order valence-electron chi connectivity index (χ0n) is 9.97. The van der Waals surface area contributed by atoms with Crippen LogP contribution in [0.25, 0.3) is 0 Å². The lowest BCUT2D eigenvalue weighted by molar-refractivity contribution is 0.364. The van der Waals surface area contributed by atoms with Crippen LogP contribution in [0.3, 0.4) is 0 Å². The van der Waals surface area contributed by atoms with E-state index in [4.69, 9.17) is 5.73 Å². The molecule has 0 saturated heterocycles. The van der Waals surface area contributed by atoms with Crippen LogP contribution < -0.4 is 5.73 Å². The summed E-state index contributed by atoms with van der Waals surface area (Å²) in [4.78, 5) is 0. The van der Waals surface area contributed by atoms with Gasteiger partial charge in [0.25, 0.3) is 0 Å². The number of hydrogen-bond acceptors (Lipinski definition) is 1. The molecule has 1 atom stereocenters. The van der Waals surface area contributed by atoms with Crippen molar-refractivity contribution in [3.8, 4) is 0 Å². The first kappa shape index (κ1) is 12.0. The molecule has 0 aromatic carbocycles. The fourth-order valence-electron chi connectivity index (χ4n) is 2.41. The van der Waals surface area contributed by atoms with Crippen LogP contribution in [0, 0.1) is 11.8 Å². The monoisotopic (exact) mass is 197 g/mol. The molecular formula is C13H27N. The Morgan fingerprint density at radius 1 is 1.07 bits per heavy atom. The van der Waals surface area contributed by atoms with Crippen molar-refractivity contribution in [1.29, 1.82) is 0 Å². The zero-order valence-corrected chi connectivity index (χ0v) is 9.97. The second-order valence-electron chi connectivity index (χ2n) is 5.34. The van der Waals surface area contributed by atoms with Gasteiger partial charge in [-0.05, 0) is 24.7 Å². The molecule has 1 fully saturated rings. The van der Waals surface area contributed by atoms with Crippen LogP contribution in [0.4, 0.5) is 0 Å². The predicted molar refractivity (Wildman–Crippen MR) is 63.2 cm³/mol. The normalized spacial score (nSPS) is 22.3. The van der Waals surface area contributed by atoms with Gasteiger partial charge in [-0.1, -0.05) is 52.4 Å². The molecule has 84 valence electrons. The number of hydrogen-bond donors (Lipinski definition) is 1. The maximum Gasteiger partial charge on any atom is 0.00619 e. The van der Waals surface area contributed by atoms with Gasteiger partial charge in [0, 0.05) is 6.04 Å². The highest BCUT2D eigenvalue weighted by molar-refractivity contribution is 4.70. The van der Waals surface area contributed by atoms with Gasteiger partial charge in [-0.3, -0.25) is 0 Å². The Balaban J connectivity index is 2.15. The van der Waals surface area contributed by atoms with Crippen LogP contribution in [0.2, 0.25) is 0 Å². The van der Waals surface area contributed by atoms with Crippen molar-refractivity contribution in [2.45, 2.75) is 71.3 Å². The molecule has 0 aliphatic heterocycles. The number of nitrogens with two attached hydrogens (primary N) is 1. The van der Waals surface area contributed by atoms with Gasteiger partial charge in [0.2, 0.25) is 0 Å². The van der Waals surface area contributed by atoms with Gasteiger partial charge in [0.1, 0.15) is 0 Å². The average Bonchev–Trinajstić information content (AvgIpc) is 2.42. The first-order valence-corrected chi connectivity index (χ1v) is 6.45. The Bertz CT molecular complexity index is 134. The fraction of sp³-hybridized carbons (Fsp3) is 1.00. The smallest absolute Gasteiger partial charge is 0.00619 e. The minimum absolute atomic E-state index is 0.429. The highest BCUT2D eigenvalue weighted by atomic mass is 14.6. The minimum Gasteiger partial charge on any atom is -0.327 e. The molecule has 1 unspecified atom stereocenters. The van der Waals surface area contributed by atoms with E-state index in [0.29, 0.717) is 12.0 Å². The Morgan fingerprint density at radius 2 is 1.64 bits per heavy atom. The molecule has 0 aromatic heterocycles. The maximum atomic E-state index is 6.07. The molecule has 1 saturated carbocycles. The van der Waals surface area contributed by atoms with E-state index in [-0.39, 0.29) is 0 Å². The molecule has 1 rings (SSSR count). The predicted octanol–water partition coefficient (Wildman–Crippen LogP) is 3.72. The van der Waals surface area contributed by atoms with Crippen LogP contribution in [-0.4, -0.2) is 6.04 Å². The Hall–Kier alpha value is -0.0400. The van der Waals surface area contributed by atoms with Crippen molar-refractivity contribution >= 4 is 0 Å². The molecule has 0 aromatic rings. The van der Waals surface area contributed by atoms with Crippen LogP contribution in [0.5, 0.6) is 0 Å². The Labute approximate surface area is 89.5 Å². The van der Waals surface area contributed by atoms with Gasteiger partial charge >= 0.3 is 0 Å². The summed E-state index contributed by atoms with van der Waals surface area (Å²) in [7, 11) is 0. The van der Waals surface area contributed by atoms with Crippen molar-refractivity contribution in [2.75, 3.05) is 0 Å². The summed E-state index contributed by atoms with van der Waals surface area (Å²) < 4.78 is 0. The SMILES string of the molecule is CC(C)C(N)CCC1CCCCCC1. The van der Waals surface area contributed by atoms with Crippen LogP contribution in [-0.2, 0) is 0 Å². The van der Waals surface area contributed by atoms with E-state index >= 15 is 0 Å². The molecular weight excluding hydrogens is 170 g/mol. The summed E-state index contributed by atoms with van der Waals surface area (Å²) in [5, 5.41) is 0. The zero-order chi connectivity index (χ0) is 10.4. The summed E-state index contributed by atoms with van der Waals surface area (Å²) in [6.07, 6.45) is 11.4. The van der Waals surface area contributed by atoms with E-state index in [1.54, 1.807) is 0 Å². The van der Waals surface area contributed by atoms with Gasteiger partial charge in [-0.25, -0.2) is 0 Å². The third-order valence-electron chi connectivity index (χ3n) is 3.74. The molecule has 0 bridgehead atoms.